The lowest BCUT2D eigenvalue weighted by Crippen LogP contribution is -2.36. The molecule has 1 amide bonds. The van der Waals surface area contributed by atoms with Crippen LogP contribution in [0.1, 0.15) is 25.7 Å². The molecule has 0 spiro atoms. The first-order chi connectivity index (χ1) is 13.2. The van der Waals surface area contributed by atoms with Gasteiger partial charge in [-0.2, -0.15) is 0 Å². The van der Waals surface area contributed by atoms with Crippen LogP contribution in [0.15, 0.2) is 36.0 Å². The van der Waals surface area contributed by atoms with Crippen LogP contribution in [0.5, 0.6) is 0 Å². The minimum atomic E-state index is -0.260. The summed E-state index contributed by atoms with van der Waals surface area (Å²) in [5.74, 6) is 0.646. The van der Waals surface area contributed by atoms with E-state index in [4.69, 9.17) is 0 Å². The second kappa shape index (κ2) is 8.00. The first-order valence-electron chi connectivity index (χ1n) is 9.22. The maximum Gasteiger partial charge on any atom is 0.224 e. The summed E-state index contributed by atoms with van der Waals surface area (Å²) in [7, 11) is 0. The van der Waals surface area contributed by atoms with Gasteiger partial charge in [0.25, 0.3) is 0 Å². The predicted molar refractivity (Wildman–Crippen MR) is 106 cm³/mol. The van der Waals surface area contributed by atoms with E-state index < -0.39 is 0 Å². The molecule has 7 heteroatoms. The lowest BCUT2D eigenvalue weighted by Gasteiger charge is -2.26. The highest BCUT2D eigenvalue weighted by molar-refractivity contribution is 7.17. The number of rotatable bonds is 5. The quantitative estimate of drug-likeness (QED) is 0.712. The van der Waals surface area contributed by atoms with Crippen LogP contribution >= 0.6 is 11.3 Å². The number of thiophene rings is 1. The molecule has 0 unspecified atom stereocenters. The summed E-state index contributed by atoms with van der Waals surface area (Å²) >= 11 is 1.53. The van der Waals surface area contributed by atoms with Gasteiger partial charge in [-0.15, -0.1) is 11.3 Å². The van der Waals surface area contributed by atoms with E-state index in [1.54, 1.807) is 12.1 Å². The zero-order valence-corrected chi connectivity index (χ0v) is 15.8. The van der Waals surface area contributed by atoms with Gasteiger partial charge in [0.05, 0.1) is 5.39 Å². The Bertz CT molecular complexity index is 935. The maximum absolute atomic E-state index is 13.2. The molecule has 0 aliphatic carbocycles. The SMILES string of the molecule is O=C(CCNc1ncnc2scc(-c3ccc(F)cc3)c12)N1CCCCC1. The second-order valence-corrected chi connectivity index (χ2v) is 7.54. The van der Waals surface area contributed by atoms with Gasteiger partial charge in [0.1, 0.15) is 22.8 Å². The summed E-state index contributed by atoms with van der Waals surface area (Å²) in [5.41, 5.74) is 1.89. The van der Waals surface area contributed by atoms with Gasteiger partial charge < -0.3 is 10.2 Å². The number of amides is 1. The topological polar surface area (TPSA) is 58.1 Å². The number of piperidine rings is 1. The lowest BCUT2D eigenvalue weighted by molar-refractivity contribution is -0.131. The van der Waals surface area contributed by atoms with E-state index in [1.165, 1.54) is 36.2 Å². The molecule has 3 heterocycles. The van der Waals surface area contributed by atoms with Crippen molar-refractivity contribution >= 4 is 33.3 Å². The number of carbonyl (C=O) groups excluding carboxylic acids is 1. The van der Waals surface area contributed by atoms with E-state index in [9.17, 15) is 9.18 Å². The van der Waals surface area contributed by atoms with Gasteiger partial charge in [0, 0.05) is 37.0 Å². The van der Waals surface area contributed by atoms with Crippen molar-refractivity contribution < 1.29 is 9.18 Å². The van der Waals surface area contributed by atoms with Crippen molar-refractivity contribution in [1.29, 1.82) is 0 Å². The highest BCUT2D eigenvalue weighted by Crippen LogP contribution is 2.36. The monoisotopic (exact) mass is 384 g/mol. The van der Waals surface area contributed by atoms with E-state index >= 15 is 0 Å². The first-order valence-corrected chi connectivity index (χ1v) is 10.1. The minimum Gasteiger partial charge on any atom is -0.369 e. The van der Waals surface area contributed by atoms with Crippen molar-refractivity contribution in [2.24, 2.45) is 0 Å². The molecule has 1 N–H and O–H groups in total. The van der Waals surface area contributed by atoms with Crippen molar-refractivity contribution in [2.75, 3.05) is 25.0 Å². The molecule has 1 aliphatic heterocycles. The van der Waals surface area contributed by atoms with Crippen molar-refractivity contribution in [1.82, 2.24) is 14.9 Å². The molecular weight excluding hydrogens is 363 g/mol. The molecule has 1 fully saturated rings. The molecule has 3 aromatic rings. The number of fused-ring (bicyclic) bond motifs is 1. The Hall–Kier alpha value is -2.54. The highest BCUT2D eigenvalue weighted by Gasteiger charge is 2.17. The molecule has 0 atom stereocenters. The molecule has 0 bridgehead atoms. The molecule has 4 rings (SSSR count). The van der Waals surface area contributed by atoms with E-state index in [-0.39, 0.29) is 11.7 Å². The number of halogens is 1. The van der Waals surface area contributed by atoms with Crippen LogP contribution in [-0.4, -0.2) is 40.4 Å². The zero-order valence-electron chi connectivity index (χ0n) is 14.9. The number of aromatic nitrogens is 2. The normalized spacial score (nSPS) is 14.5. The number of hydrogen-bond acceptors (Lipinski definition) is 5. The van der Waals surface area contributed by atoms with Gasteiger partial charge in [-0.25, -0.2) is 14.4 Å². The molecule has 140 valence electrons. The van der Waals surface area contributed by atoms with Gasteiger partial charge in [-0.05, 0) is 37.0 Å². The fraction of sp³-hybridized carbons (Fsp3) is 0.350. The average molecular weight is 384 g/mol. The van der Waals surface area contributed by atoms with Gasteiger partial charge in [0.2, 0.25) is 5.91 Å². The smallest absolute Gasteiger partial charge is 0.224 e. The van der Waals surface area contributed by atoms with E-state index in [0.717, 1.165) is 47.3 Å². The van der Waals surface area contributed by atoms with Crippen molar-refractivity contribution in [2.45, 2.75) is 25.7 Å². The first kappa shape index (κ1) is 17.9. The van der Waals surface area contributed by atoms with Crippen LogP contribution in [0.2, 0.25) is 0 Å². The van der Waals surface area contributed by atoms with Crippen molar-refractivity contribution in [3.05, 3.63) is 41.8 Å². The van der Waals surface area contributed by atoms with Gasteiger partial charge in [-0.3, -0.25) is 4.79 Å². The molecule has 0 saturated carbocycles. The Labute approximate surface area is 161 Å². The third-order valence-electron chi connectivity index (χ3n) is 4.87. The van der Waals surface area contributed by atoms with E-state index in [1.807, 2.05) is 10.3 Å². The molecule has 27 heavy (non-hydrogen) atoms. The van der Waals surface area contributed by atoms with E-state index in [0.29, 0.717) is 18.8 Å². The molecule has 0 radical (unpaired) electrons. The standard InChI is InChI=1S/C20H21FN4OS/c21-15-6-4-14(5-7-15)16-12-27-20-18(16)19(23-13-24-20)22-9-8-17(26)25-10-2-1-3-11-25/h4-7,12-13H,1-3,8-11H2,(H,22,23,24). The number of carbonyl (C=O) groups is 1. The summed E-state index contributed by atoms with van der Waals surface area (Å²) in [5, 5.41) is 6.23. The number of anilines is 1. The maximum atomic E-state index is 13.2. The van der Waals surface area contributed by atoms with Crippen LogP contribution in [0.4, 0.5) is 10.2 Å². The van der Waals surface area contributed by atoms with Gasteiger partial charge >= 0.3 is 0 Å². The second-order valence-electron chi connectivity index (χ2n) is 6.68. The molecule has 5 nitrogen and oxygen atoms in total. The van der Waals surface area contributed by atoms with Crippen LogP contribution in [0.3, 0.4) is 0 Å². The van der Waals surface area contributed by atoms with Crippen LogP contribution in [0.25, 0.3) is 21.3 Å². The Morgan fingerprint density at radius 3 is 2.70 bits per heavy atom. The molecule has 1 aliphatic rings. The Morgan fingerprint density at radius 2 is 1.93 bits per heavy atom. The van der Waals surface area contributed by atoms with Crippen LogP contribution in [0, 0.1) is 5.82 Å². The third-order valence-corrected chi connectivity index (χ3v) is 5.75. The largest absolute Gasteiger partial charge is 0.369 e. The highest BCUT2D eigenvalue weighted by atomic mass is 32.1. The lowest BCUT2D eigenvalue weighted by atomic mass is 10.1. The fourth-order valence-electron chi connectivity index (χ4n) is 3.44. The summed E-state index contributed by atoms with van der Waals surface area (Å²) in [6.07, 6.45) is 5.39. The van der Waals surface area contributed by atoms with Gasteiger partial charge in [0.15, 0.2) is 0 Å². The summed E-state index contributed by atoms with van der Waals surface area (Å²) in [4.78, 5) is 23.9. The number of benzene rings is 1. The number of likely N-dealkylation sites (tertiary alicyclic amines) is 1. The average Bonchev–Trinajstić information content (AvgIpc) is 3.14. The Morgan fingerprint density at radius 1 is 1.15 bits per heavy atom. The van der Waals surface area contributed by atoms with Gasteiger partial charge in [-0.1, -0.05) is 12.1 Å². The predicted octanol–water partition coefficient (Wildman–Crippen LogP) is 4.31. The summed E-state index contributed by atoms with van der Waals surface area (Å²) in [6, 6.07) is 6.42. The summed E-state index contributed by atoms with van der Waals surface area (Å²) < 4.78 is 13.2. The summed E-state index contributed by atoms with van der Waals surface area (Å²) in [6.45, 7) is 2.27. The van der Waals surface area contributed by atoms with Crippen molar-refractivity contribution in [3.63, 3.8) is 0 Å². The van der Waals surface area contributed by atoms with Crippen LogP contribution < -0.4 is 5.32 Å². The third kappa shape index (κ3) is 3.93. The van der Waals surface area contributed by atoms with E-state index in [2.05, 4.69) is 15.3 Å². The molecule has 1 aromatic carbocycles. The minimum absolute atomic E-state index is 0.191. The zero-order chi connectivity index (χ0) is 18.6. The fourth-order valence-corrected chi connectivity index (χ4v) is 4.36. The Balaban J connectivity index is 1.51. The number of nitrogens with one attached hydrogen (secondary N) is 1. The molecular formula is C20H21FN4OS. The van der Waals surface area contributed by atoms with Crippen LogP contribution in [-0.2, 0) is 4.79 Å². The van der Waals surface area contributed by atoms with Crippen molar-refractivity contribution in [3.8, 4) is 11.1 Å². The Kier molecular flexibility index (Phi) is 5.29. The molecule has 2 aromatic heterocycles. The number of hydrogen-bond donors (Lipinski definition) is 1. The number of nitrogens with zero attached hydrogens (tertiary/aromatic N) is 3. The molecule has 1 saturated heterocycles.